The lowest BCUT2D eigenvalue weighted by atomic mass is 10.1. The molecule has 0 saturated carbocycles. The molecule has 2 aromatic rings. The summed E-state index contributed by atoms with van der Waals surface area (Å²) in [4.78, 5) is 11.2. The number of nitrogens with one attached hydrogen (secondary N) is 1. The zero-order valence-electron chi connectivity index (χ0n) is 8.73. The molecule has 0 atom stereocenters. The Morgan fingerprint density at radius 1 is 1.41 bits per heavy atom. The fourth-order valence-electron chi connectivity index (χ4n) is 1.85. The van der Waals surface area contributed by atoms with Gasteiger partial charge in [0, 0.05) is 17.3 Å². The van der Waals surface area contributed by atoms with E-state index in [1.165, 1.54) is 0 Å². The lowest BCUT2D eigenvalue weighted by Gasteiger charge is -2.00. The Balaban J connectivity index is 2.03. The van der Waals surface area contributed by atoms with Crippen LogP contribution in [0.5, 0.6) is 0 Å². The van der Waals surface area contributed by atoms with E-state index in [2.05, 4.69) is 10.5 Å². The van der Waals surface area contributed by atoms with Gasteiger partial charge in [-0.3, -0.25) is 4.79 Å². The maximum atomic E-state index is 11.2. The van der Waals surface area contributed by atoms with Crippen LogP contribution in [0.3, 0.4) is 0 Å². The molecule has 0 aliphatic carbocycles. The second-order valence-corrected chi connectivity index (χ2v) is 3.79. The van der Waals surface area contributed by atoms with Gasteiger partial charge in [-0.2, -0.15) is 5.26 Å². The number of carbonyl (C=O) groups excluding carboxylic acids is 1. The lowest BCUT2D eigenvalue weighted by Crippen LogP contribution is -2.03. The van der Waals surface area contributed by atoms with Crippen LogP contribution in [0.4, 0.5) is 5.69 Å². The molecule has 1 aromatic heterocycles. The standard InChI is InChI=1S/C12H7N3O2/c13-6-9-5-11(17-15-9)7-1-2-10-8(3-7)4-12(16)14-10/h1-3,5H,4H2,(H,14,16). The minimum Gasteiger partial charge on any atom is -0.355 e. The molecule has 2 heterocycles. The van der Waals surface area contributed by atoms with Crippen LogP contribution in [0, 0.1) is 11.3 Å². The zero-order valence-corrected chi connectivity index (χ0v) is 8.73. The van der Waals surface area contributed by atoms with Gasteiger partial charge in [0.1, 0.15) is 6.07 Å². The third kappa shape index (κ3) is 1.56. The average molecular weight is 225 g/mol. The summed E-state index contributed by atoms with van der Waals surface area (Å²) in [5.41, 5.74) is 2.82. The van der Waals surface area contributed by atoms with Gasteiger partial charge in [0.25, 0.3) is 0 Å². The van der Waals surface area contributed by atoms with E-state index >= 15 is 0 Å². The largest absolute Gasteiger partial charge is 0.355 e. The second-order valence-electron chi connectivity index (χ2n) is 3.79. The summed E-state index contributed by atoms with van der Waals surface area (Å²) in [7, 11) is 0. The number of carbonyl (C=O) groups is 1. The molecule has 0 fully saturated rings. The monoisotopic (exact) mass is 225 g/mol. The van der Waals surface area contributed by atoms with Crippen molar-refractivity contribution < 1.29 is 9.32 Å². The highest BCUT2D eigenvalue weighted by Crippen LogP contribution is 2.29. The van der Waals surface area contributed by atoms with Gasteiger partial charge in [0.15, 0.2) is 11.5 Å². The van der Waals surface area contributed by atoms with Crippen LogP contribution in [-0.4, -0.2) is 11.1 Å². The summed E-state index contributed by atoms with van der Waals surface area (Å²) in [5.74, 6) is 0.524. The number of rotatable bonds is 1. The molecular formula is C12H7N3O2. The van der Waals surface area contributed by atoms with Gasteiger partial charge in [-0.15, -0.1) is 0 Å². The van der Waals surface area contributed by atoms with Gasteiger partial charge in [-0.05, 0) is 23.8 Å². The zero-order chi connectivity index (χ0) is 11.8. The number of anilines is 1. The van der Waals surface area contributed by atoms with E-state index in [1.807, 2.05) is 24.3 Å². The van der Waals surface area contributed by atoms with Crippen LogP contribution in [-0.2, 0) is 11.2 Å². The summed E-state index contributed by atoms with van der Waals surface area (Å²) >= 11 is 0. The summed E-state index contributed by atoms with van der Waals surface area (Å²) in [6.45, 7) is 0. The SMILES string of the molecule is N#Cc1cc(-c2ccc3c(c2)CC(=O)N3)on1. The van der Waals surface area contributed by atoms with Crippen LogP contribution in [0.2, 0.25) is 0 Å². The van der Waals surface area contributed by atoms with Crippen molar-refractivity contribution in [2.24, 2.45) is 0 Å². The molecule has 5 heteroatoms. The van der Waals surface area contributed by atoms with Crippen molar-refractivity contribution >= 4 is 11.6 Å². The average Bonchev–Trinajstić information content (AvgIpc) is 2.92. The molecule has 1 N–H and O–H groups in total. The molecule has 5 nitrogen and oxygen atoms in total. The van der Waals surface area contributed by atoms with Gasteiger partial charge < -0.3 is 9.84 Å². The third-order valence-electron chi connectivity index (χ3n) is 2.64. The Kier molecular flexibility index (Phi) is 1.95. The van der Waals surface area contributed by atoms with Crippen molar-refractivity contribution in [1.29, 1.82) is 5.26 Å². The molecule has 1 aliphatic rings. The number of amides is 1. The molecule has 1 amide bonds. The van der Waals surface area contributed by atoms with Crippen molar-refractivity contribution in [3.8, 4) is 17.4 Å². The van der Waals surface area contributed by atoms with E-state index in [-0.39, 0.29) is 11.6 Å². The van der Waals surface area contributed by atoms with Crippen molar-refractivity contribution in [2.75, 3.05) is 5.32 Å². The Hall–Kier alpha value is -2.61. The molecular weight excluding hydrogens is 218 g/mol. The maximum Gasteiger partial charge on any atom is 0.228 e. The first kappa shape index (κ1) is 9.60. The quantitative estimate of drug-likeness (QED) is 0.801. The molecule has 1 aliphatic heterocycles. The highest BCUT2D eigenvalue weighted by molar-refractivity contribution is 5.99. The Morgan fingerprint density at radius 3 is 3.06 bits per heavy atom. The first-order valence-electron chi connectivity index (χ1n) is 5.06. The highest BCUT2D eigenvalue weighted by atomic mass is 16.5. The summed E-state index contributed by atoms with van der Waals surface area (Å²) in [6.07, 6.45) is 0.377. The molecule has 0 bridgehead atoms. The minimum absolute atomic E-state index is 0.00701. The van der Waals surface area contributed by atoms with Crippen molar-refractivity contribution in [3.05, 3.63) is 35.5 Å². The first-order valence-corrected chi connectivity index (χ1v) is 5.06. The molecule has 0 spiro atoms. The smallest absolute Gasteiger partial charge is 0.228 e. The first-order chi connectivity index (χ1) is 8.26. The number of benzene rings is 1. The number of aromatic nitrogens is 1. The van der Waals surface area contributed by atoms with Crippen LogP contribution in [0.25, 0.3) is 11.3 Å². The third-order valence-corrected chi connectivity index (χ3v) is 2.64. The summed E-state index contributed by atoms with van der Waals surface area (Å²) < 4.78 is 5.05. The molecule has 17 heavy (non-hydrogen) atoms. The number of nitriles is 1. The number of hydrogen-bond acceptors (Lipinski definition) is 4. The van der Waals surface area contributed by atoms with E-state index in [0.717, 1.165) is 16.8 Å². The Labute approximate surface area is 96.6 Å². The van der Waals surface area contributed by atoms with E-state index in [9.17, 15) is 4.79 Å². The molecule has 3 rings (SSSR count). The summed E-state index contributed by atoms with van der Waals surface area (Å²) in [6, 6.07) is 9.00. The number of hydrogen-bond donors (Lipinski definition) is 1. The summed E-state index contributed by atoms with van der Waals surface area (Å²) in [5, 5.41) is 15.0. The van der Waals surface area contributed by atoms with E-state index < -0.39 is 0 Å². The fraction of sp³-hybridized carbons (Fsp3) is 0.0833. The van der Waals surface area contributed by atoms with Gasteiger partial charge in [-0.25, -0.2) is 0 Å². The number of nitrogens with zero attached hydrogens (tertiary/aromatic N) is 2. The predicted octanol–water partition coefficient (Wildman–Crippen LogP) is 1.71. The molecule has 82 valence electrons. The van der Waals surface area contributed by atoms with Crippen LogP contribution < -0.4 is 5.32 Å². The van der Waals surface area contributed by atoms with Crippen LogP contribution in [0.1, 0.15) is 11.3 Å². The van der Waals surface area contributed by atoms with Gasteiger partial charge in [-0.1, -0.05) is 5.16 Å². The molecule has 0 unspecified atom stereocenters. The molecule has 0 saturated heterocycles. The van der Waals surface area contributed by atoms with Crippen molar-refractivity contribution in [1.82, 2.24) is 5.16 Å². The van der Waals surface area contributed by atoms with E-state index in [0.29, 0.717) is 12.2 Å². The topological polar surface area (TPSA) is 78.9 Å². The van der Waals surface area contributed by atoms with E-state index in [4.69, 9.17) is 9.78 Å². The van der Waals surface area contributed by atoms with Gasteiger partial charge >= 0.3 is 0 Å². The lowest BCUT2D eigenvalue weighted by molar-refractivity contribution is -0.115. The second kappa shape index (κ2) is 3.46. The Morgan fingerprint density at radius 2 is 2.29 bits per heavy atom. The van der Waals surface area contributed by atoms with Gasteiger partial charge in [0.2, 0.25) is 5.91 Å². The molecule has 1 aromatic carbocycles. The molecule has 0 radical (unpaired) electrons. The highest BCUT2D eigenvalue weighted by Gasteiger charge is 2.18. The van der Waals surface area contributed by atoms with E-state index in [1.54, 1.807) is 6.07 Å². The normalized spacial score (nSPS) is 13.0. The Bertz CT molecular complexity index is 652. The maximum absolute atomic E-state index is 11.2. The fourth-order valence-corrected chi connectivity index (χ4v) is 1.85. The van der Waals surface area contributed by atoms with Gasteiger partial charge in [0.05, 0.1) is 6.42 Å². The van der Waals surface area contributed by atoms with Crippen molar-refractivity contribution in [2.45, 2.75) is 6.42 Å². The minimum atomic E-state index is -0.00701. The number of fused-ring (bicyclic) bond motifs is 1. The predicted molar refractivity (Wildman–Crippen MR) is 59.0 cm³/mol. The van der Waals surface area contributed by atoms with Crippen LogP contribution >= 0.6 is 0 Å². The van der Waals surface area contributed by atoms with Crippen LogP contribution in [0.15, 0.2) is 28.8 Å². The van der Waals surface area contributed by atoms with Crippen molar-refractivity contribution in [3.63, 3.8) is 0 Å².